The van der Waals surface area contributed by atoms with Crippen molar-refractivity contribution < 1.29 is 9.90 Å². The highest BCUT2D eigenvalue weighted by Gasteiger charge is 2.26. The predicted molar refractivity (Wildman–Crippen MR) is 57.0 cm³/mol. The average molecular weight is 192 g/mol. The van der Waals surface area contributed by atoms with E-state index in [4.69, 9.17) is 0 Å². The van der Waals surface area contributed by atoms with E-state index in [1.807, 2.05) is 0 Å². The summed E-state index contributed by atoms with van der Waals surface area (Å²) in [6.45, 7) is 7.22. The minimum Gasteiger partial charge on any atom is -0.512 e. The Hall–Kier alpha value is -1.31. The van der Waals surface area contributed by atoms with Crippen molar-refractivity contribution in [3.05, 3.63) is 36.6 Å². The highest BCUT2D eigenvalue weighted by atomic mass is 16.3. The SMILES string of the molecule is C=CCC1=C(O)C(CC=C)CCC1=O. The van der Waals surface area contributed by atoms with Crippen molar-refractivity contribution in [2.24, 2.45) is 5.92 Å². The van der Waals surface area contributed by atoms with Gasteiger partial charge >= 0.3 is 0 Å². The van der Waals surface area contributed by atoms with Crippen LogP contribution in [0, 0.1) is 5.92 Å². The molecule has 0 saturated heterocycles. The summed E-state index contributed by atoms with van der Waals surface area (Å²) in [5.74, 6) is 0.393. The molecule has 0 aromatic rings. The summed E-state index contributed by atoms with van der Waals surface area (Å²) < 4.78 is 0. The maximum atomic E-state index is 11.5. The standard InChI is InChI=1S/C12H16O2/c1-3-5-9-7-8-11(13)10(6-4-2)12(9)14/h3-4,9,14H,1-2,5-8H2. The van der Waals surface area contributed by atoms with Crippen LogP contribution in [0.3, 0.4) is 0 Å². The van der Waals surface area contributed by atoms with Crippen molar-refractivity contribution >= 4 is 5.78 Å². The molecule has 1 unspecified atom stereocenters. The van der Waals surface area contributed by atoms with Gasteiger partial charge < -0.3 is 5.11 Å². The topological polar surface area (TPSA) is 37.3 Å². The largest absolute Gasteiger partial charge is 0.512 e. The van der Waals surface area contributed by atoms with Gasteiger partial charge in [0, 0.05) is 17.9 Å². The number of ketones is 1. The van der Waals surface area contributed by atoms with Crippen molar-refractivity contribution in [2.75, 3.05) is 0 Å². The van der Waals surface area contributed by atoms with Crippen LogP contribution in [0.1, 0.15) is 25.7 Å². The molecule has 1 rings (SSSR count). The van der Waals surface area contributed by atoms with Gasteiger partial charge in [-0.15, -0.1) is 13.2 Å². The van der Waals surface area contributed by atoms with E-state index >= 15 is 0 Å². The predicted octanol–water partition coefficient (Wildman–Crippen LogP) is 2.93. The van der Waals surface area contributed by atoms with E-state index in [1.54, 1.807) is 12.2 Å². The summed E-state index contributed by atoms with van der Waals surface area (Å²) in [4.78, 5) is 11.5. The molecule has 0 saturated carbocycles. The molecule has 0 spiro atoms. The molecule has 0 heterocycles. The summed E-state index contributed by atoms with van der Waals surface area (Å²) in [5.41, 5.74) is 0.540. The van der Waals surface area contributed by atoms with Crippen LogP contribution in [0.5, 0.6) is 0 Å². The van der Waals surface area contributed by atoms with Crippen LogP contribution in [0.15, 0.2) is 36.6 Å². The first-order valence-corrected chi connectivity index (χ1v) is 4.87. The Balaban J connectivity index is 2.90. The lowest BCUT2D eigenvalue weighted by Gasteiger charge is -2.22. The monoisotopic (exact) mass is 192 g/mol. The maximum Gasteiger partial charge on any atom is 0.162 e. The Kier molecular flexibility index (Phi) is 3.69. The second kappa shape index (κ2) is 4.80. The van der Waals surface area contributed by atoms with Crippen molar-refractivity contribution in [3.63, 3.8) is 0 Å². The van der Waals surface area contributed by atoms with Crippen LogP contribution in [0.4, 0.5) is 0 Å². The van der Waals surface area contributed by atoms with Gasteiger partial charge in [-0.05, 0) is 19.3 Å². The van der Waals surface area contributed by atoms with E-state index in [-0.39, 0.29) is 17.5 Å². The van der Waals surface area contributed by atoms with Crippen molar-refractivity contribution in [2.45, 2.75) is 25.7 Å². The van der Waals surface area contributed by atoms with Gasteiger partial charge in [-0.3, -0.25) is 4.79 Å². The van der Waals surface area contributed by atoms with E-state index in [2.05, 4.69) is 13.2 Å². The van der Waals surface area contributed by atoms with E-state index in [9.17, 15) is 9.90 Å². The smallest absolute Gasteiger partial charge is 0.162 e. The fourth-order valence-corrected chi connectivity index (χ4v) is 1.78. The molecule has 1 aliphatic rings. The number of carbonyl (C=O) groups is 1. The summed E-state index contributed by atoms with van der Waals surface area (Å²) in [6, 6.07) is 0. The fraction of sp³-hybridized carbons (Fsp3) is 0.417. The average Bonchev–Trinajstić information content (AvgIpc) is 2.17. The van der Waals surface area contributed by atoms with Crippen LogP contribution in [-0.2, 0) is 4.79 Å². The number of Topliss-reactive ketones (excluding diaryl/α,β-unsaturated/α-hetero) is 1. The summed E-state index contributed by atoms with van der Waals surface area (Å²) in [5, 5.41) is 9.82. The molecule has 14 heavy (non-hydrogen) atoms. The minimum atomic E-state index is 0.0581. The van der Waals surface area contributed by atoms with Crippen LogP contribution in [0.25, 0.3) is 0 Å². The van der Waals surface area contributed by atoms with Gasteiger partial charge in [-0.25, -0.2) is 0 Å². The minimum absolute atomic E-state index is 0.0581. The van der Waals surface area contributed by atoms with E-state index in [0.717, 1.165) is 12.8 Å². The quantitative estimate of drug-likeness (QED) is 0.695. The Morgan fingerprint density at radius 3 is 2.71 bits per heavy atom. The molecule has 0 radical (unpaired) electrons. The van der Waals surface area contributed by atoms with Crippen molar-refractivity contribution in [1.29, 1.82) is 0 Å². The lowest BCUT2D eigenvalue weighted by molar-refractivity contribution is -0.116. The first-order chi connectivity index (χ1) is 6.70. The van der Waals surface area contributed by atoms with Gasteiger partial charge in [0.25, 0.3) is 0 Å². The molecule has 0 amide bonds. The molecule has 76 valence electrons. The third-order valence-electron chi connectivity index (χ3n) is 2.55. The maximum absolute atomic E-state index is 11.5. The van der Waals surface area contributed by atoms with Crippen LogP contribution in [-0.4, -0.2) is 10.9 Å². The highest BCUT2D eigenvalue weighted by Crippen LogP contribution is 2.30. The Morgan fingerprint density at radius 2 is 2.14 bits per heavy atom. The van der Waals surface area contributed by atoms with Gasteiger partial charge in [0.05, 0.1) is 0 Å². The zero-order valence-electron chi connectivity index (χ0n) is 8.33. The highest BCUT2D eigenvalue weighted by molar-refractivity contribution is 5.96. The number of rotatable bonds is 4. The summed E-state index contributed by atoms with van der Waals surface area (Å²) in [6.07, 6.45) is 5.91. The zero-order valence-corrected chi connectivity index (χ0v) is 8.33. The molecular formula is C12H16O2. The number of aliphatic hydroxyl groups is 1. The molecule has 0 fully saturated rings. The van der Waals surface area contributed by atoms with Crippen LogP contribution < -0.4 is 0 Å². The first kappa shape index (κ1) is 10.8. The Morgan fingerprint density at radius 1 is 1.43 bits per heavy atom. The lowest BCUT2D eigenvalue weighted by Crippen LogP contribution is -2.19. The second-order valence-corrected chi connectivity index (χ2v) is 3.54. The number of hydrogen-bond acceptors (Lipinski definition) is 2. The van der Waals surface area contributed by atoms with Gasteiger partial charge in [-0.2, -0.15) is 0 Å². The van der Waals surface area contributed by atoms with Crippen molar-refractivity contribution in [3.8, 4) is 0 Å². The van der Waals surface area contributed by atoms with Crippen LogP contribution in [0.2, 0.25) is 0 Å². The molecule has 0 aromatic heterocycles. The van der Waals surface area contributed by atoms with Crippen molar-refractivity contribution in [1.82, 2.24) is 0 Å². The number of allylic oxidation sites excluding steroid dienone is 4. The first-order valence-electron chi connectivity index (χ1n) is 4.87. The third-order valence-corrected chi connectivity index (χ3v) is 2.55. The third kappa shape index (κ3) is 2.13. The summed E-state index contributed by atoms with van der Waals surface area (Å²) in [7, 11) is 0. The van der Waals surface area contributed by atoms with E-state index in [1.165, 1.54) is 0 Å². The summed E-state index contributed by atoms with van der Waals surface area (Å²) >= 11 is 0. The molecule has 2 heteroatoms. The van der Waals surface area contributed by atoms with Gasteiger partial charge in [0.15, 0.2) is 5.78 Å². The molecule has 2 nitrogen and oxygen atoms in total. The van der Waals surface area contributed by atoms with Gasteiger partial charge in [0.2, 0.25) is 0 Å². The zero-order chi connectivity index (χ0) is 10.6. The van der Waals surface area contributed by atoms with E-state index < -0.39 is 0 Å². The normalized spacial score (nSPS) is 22.3. The fourth-order valence-electron chi connectivity index (χ4n) is 1.78. The number of carbonyl (C=O) groups excluding carboxylic acids is 1. The lowest BCUT2D eigenvalue weighted by atomic mass is 9.84. The molecule has 0 aromatic carbocycles. The molecule has 1 N–H and O–H groups in total. The molecule has 0 aliphatic heterocycles. The molecular weight excluding hydrogens is 176 g/mol. The molecule has 1 atom stereocenters. The second-order valence-electron chi connectivity index (χ2n) is 3.54. The molecule has 0 bridgehead atoms. The van der Waals surface area contributed by atoms with Crippen LogP contribution >= 0.6 is 0 Å². The number of aliphatic hydroxyl groups excluding tert-OH is 1. The Labute approximate surface area is 84.6 Å². The van der Waals surface area contributed by atoms with Gasteiger partial charge in [-0.1, -0.05) is 12.2 Å². The Bertz CT molecular complexity index is 287. The van der Waals surface area contributed by atoms with Gasteiger partial charge in [0.1, 0.15) is 5.76 Å². The number of hydrogen-bond donors (Lipinski definition) is 1. The van der Waals surface area contributed by atoms with E-state index in [0.29, 0.717) is 18.4 Å². The molecule has 1 aliphatic carbocycles.